The maximum absolute atomic E-state index is 11.8. The molecule has 21 heavy (non-hydrogen) atoms. The summed E-state index contributed by atoms with van der Waals surface area (Å²) in [5, 5.41) is 11.8. The monoisotopic (exact) mass is 282 g/mol. The third-order valence-electron chi connectivity index (χ3n) is 7.56. The average Bonchev–Trinajstić information content (AvgIpc) is 3.13. The fourth-order valence-electron chi connectivity index (χ4n) is 6.63. The highest BCUT2D eigenvalue weighted by atomic mass is 16.6. The molecule has 1 heterocycles. The minimum atomic E-state index is -0.754. The van der Waals surface area contributed by atoms with Crippen LogP contribution in [-0.2, 0) is 10.3 Å². The molecular formula is C19H22O2. The largest absolute Gasteiger partial charge is 0.384 e. The molecule has 0 aromatic heterocycles. The number of ether oxygens (including phenoxy) is 1. The van der Waals surface area contributed by atoms with Crippen molar-refractivity contribution in [3.05, 3.63) is 42.0 Å². The highest BCUT2D eigenvalue weighted by Crippen LogP contribution is 2.87. The molecule has 4 aliphatic rings. The van der Waals surface area contributed by atoms with Crippen molar-refractivity contribution in [3.8, 4) is 0 Å². The van der Waals surface area contributed by atoms with Crippen LogP contribution in [0.4, 0.5) is 0 Å². The number of benzene rings is 1. The van der Waals surface area contributed by atoms with Gasteiger partial charge in [0.1, 0.15) is 11.2 Å². The van der Waals surface area contributed by atoms with E-state index in [9.17, 15) is 5.11 Å². The molecule has 5 atom stereocenters. The molecular weight excluding hydrogens is 260 g/mol. The van der Waals surface area contributed by atoms with Crippen LogP contribution in [0.3, 0.4) is 0 Å². The Morgan fingerprint density at radius 1 is 1.24 bits per heavy atom. The van der Waals surface area contributed by atoms with E-state index in [0.29, 0.717) is 6.10 Å². The highest BCUT2D eigenvalue weighted by molar-refractivity contribution is 5.74. The lowest BCUT2D eigenvalue weighted by Gasteiger charge is -2.77. The molecule has 2 bridgehead atoms. The van der Waals surface area contributed by atoms with Crippen LogP contribution in [0.2, 0.25) is 0 Å². The standard InChI is InChI=1S/C19H22O2/c1-11-10-18-16(2,3)14(9-15-17(18,4)21-15)19(18,20)13-8-6-5-7-12(11)13/h5-8,14-15,20H,1,9-10H2,2-4H3/t14-,15+,17+,18-,19-/m1/s1. The molecule has 1 N–H and O–H groups in total. The van der Waals surface area contributed by atoms with Gasteiger partial charge in [0, 0.05) is 11.3 Å². The molecule has 1 spiro atoms. The molecule has 3 fully saturated rings. The Kier molecular flexibility index (Phi) is 1.77. The molecule has 1 aliphatic heterocycles. The lowest BCUT2D eigenvalue weighted by atomic mass is 9.26. The topological polar surface area (TPSA) is 32.8 Å². The molecule has 5 rings (SSSR count). The van der Waals surface area contributed by atoms with Crippen molar-refractivity contribution >= 4 is 5.57 Å². The summed E-state index contributed by atoms with van der Waals surface area (Å²) in [6.45, 7) is 11.2. The smallest absolute Gasteiger partial charge is 0.103 e. The summed E-state index contributed by atoms with van der Waals surface area (Å²) in [5.74, 6) is 0.278. The van der Waals surface area contributed by atoms with Crippen molar-refractivity contribution in [1.29, 1.82) is 0 Å². The zero-order valence-electron chi connectivity index (χ0n) is 12.9. The van der Waals surface area contributed by atoms with Crippen LogP contribution in [0.1, 0.15) is 44.7 Å². The van der Waals surface area contributed by atoms with Crippen molar-refractivity contribution in [1.82, 2.24) is 0 Å². The predicted molar refractivity (Wildman–Crippen MR) is 81.6 cm³/mol. The fraction of sp³-hybridized carbons (Fsp3) is 0.579. The van der Waals surface area contributed by atoms with Gasteiger partial charge in [-0.1, -0.05) is 44.7 Å². The Morgan fingerprint density at radius 3 is 2.71 bits per heavy atom. The van der Waals surface area contributed by atoms with Crippen molar-refractivity contribution < 1.29 is 9.84 Å². The summed E-state index contributed by atoms with van der Waals surface area (Å²) in [4.78, 5) is 0. The van der Waals surface area contributed by atoms with Gasteiger partial charge in [-0.2, -0.15) is 0 Å². The zero-order valence-corrected chi connectivity index (χ0v) is 12.9. The van der Waals surface area contributed by atoms with Crippen molar-refractivity contribution in [2.24, 2.45) is 16.7 Å². The first kappa shape index (κ1) is 12.4. The van der Waals surface area contributed by atoms with Crippen molar-refractivity contribution in [2.75, 3.05) is 0 Å². The first-order valence-corrected chi connectivity index (χ1v) is 7.98. The Hall–Kier alpha value is -1.12. The van der Waals surface area contributed by atoms with E-state index in [1.165, 1.54) is 0 Å². The van der Waals surface area contributed by atoms with E-state index in [-0.39, 0.29) is 22.3 Å². The van der Waals surface area contributed by atoms with Gasteiger partial charge in [0.2, 0.25) is 0 Å². The maximum atomic E-state index is 11.8. The molecule has 3 aliphatic carbocycles. The van der Waals surface area contributed by atoms with E-state index in [1.54, 1.807) is 0 Å². The number of aliphatic hydroxyl groups is 1. The first-order chi connectivity index (χ1) is 9.81. The number of hydrogen-bond acceptors (Lipinski definition) is 2. The summed E-state index contributed by atoms with van der Waals surface area (Å²) in [5.41, 5.74) is 2.29. The quantitative estimate of drug-likeness (QED) is 0.739. The van der Waals surface area contributed by atoms with Gasteiger partial charge in [-0.25, -0.2) is 0 Å². The van der Waals surface area contributed by atoms with Gasteiger partial charge in [0.05, 0.1) is 6.10 Å². The number of hydrogen-bond donors (Lipinski definition) is 1. The molecule has 0 radical (unpaired) electrons. The summed E-state index contributed by atoms with van der Waals surface area (Å²) >= 11 is 0. The second-order valence-corrected chi connectivity index (χ2v) is 8.22. The third-order valence-corrected chi connectivity index (χ3v) is 7.56. The lowest BCUT2D eigenvalue weighted by Crippen LogP contribution is -2.81. The van der Waals surface area contributed by atoms with Crippen LogP contribution in [-0.4, -0.2) is 16.8 Å². The highest BCUT2D eigenvalue weighted by Gasteiger charge is 2.91. The first-order valence-electron chi connectivity index (χ1n) is 7.98. The van der Waals surface area contributed by atoms with Gasteiger partial charge in [-0.05, 0) is 41.9 Å². The molecule has 0 amide bonds. The number of epoxide rings is 1. The number of allylic oxidation sites excluding steroid dienone is 1. The van der Waals surface area contributed by atoms with Crippen LogP contribution >= 0.6 is 0 Å². The van der Waals surface area contributed by atoms with Crippen molar-refractivity contribution in [3.63, 3.8) is 0 Å². The molecule has 1 aromatic carbocycles. The average molecular weight is 282 g/mol. The van der Waals surface area contributed by atoms with Gasteiger partial charge in [0.15, 0.2) is 0 Å². The Balaban J connectivity index is 1.85. The van der Waals surface area contributed by atoms with E-state index in [4.69, 9.17) is 4.74 Å². The van der Waals surface area contributed by atoms with Crippen LogP contribution in [0.15, 0.2) is 30.8 Å². The van der Waals surface area contributed by atoms with Crippen LogP contribution in [0, 0.1) is 16.7 Å². The molecule has 2 saturated carbocycles. The van der Waals surface area contributed by atoms with Gasteiger partial charge in [-0.3, -0.25) is 0 Å². The molecule has 110 valence electrons. The summed E-state index contributed by atoms with van der Waals surface area (Å²) in [6.07, 6.45) is 2.15. The molecule has 2 heteroatoms. The van der Waals surface area contributed by atoms with E-state index in [0.717, 1.165) is 29.5 Å². The molecule has 1 saturated heterocycles. The minimum absolute atomic E-state index is 0.0833. The molecule has 2 nitrogen and oxygen atoms in total. The normalized spacial score (nSPS) is 51.3. The molecule has 1 aromatic rings. The lowest BCUT2D eigenvalue weighted by molar-refractivity contribution is -0.350. The van der Waals surface area contributed by atoms with E-state index in [1.807, 2.05) is 12.1 Å². The van der Waals surface area contributed by atoms with E-state index in [2.05, 4.69) is 39.5 Å². The summed E-state index contributed by atoms with van der Waals surface area (Å²) in [6, 6.07) is 8.29. The summed E-state index contributed by atoms with van der Waals surface area (Å²) in [7, 11) is 0. The van der Waals surface area contributed by atoms with Crippen LogP contribution < -0.4 is 0 Å². The summed E-state index contributed by atoms with van der Waals surface area (Å²) < 4.78 is 6.14. The van der Waals surface area contributed by atoms with Crippen LogP contribution in [0.5, 0.6) is 0 Å². The second kappa shape index (κ2) is 3.00. The Bertz CT molecular complexity index is 699. The van der Waals surface area contributed by atoms with E-state index >= 15 is 0 Å². The predicted octanol–water partition coefficient (Wildman–Crippen LogP) is 3.49. The third kappa shape index (κ3) is 0.910. The van der Waals surface area contributed by atoms with Crippen LogP contribution in [0.25, 0.3) is 5.57 Å². The fourth-order valence-corrected chi connectivity index (χ4v) is 6.63. The maximum Gasteiger partial charge on any atom is 0.103 e. The van der Waals surface area contributed by atoms with E-state index < -0.39 is 5.60 Å². The second-order valence-electron chi connectivity index (χ2n) is 8.22. The Labute approximate surface area is 125 Å². The van der Waals surface area contributed by atoms with Gasteiger partial charge in [0.25, 0.3) is 0 Å². The zero-order chi connectivity index (χ0) is 14.8. The van der Waals surface area contributed by atoms with Gasteiger partial charge in [-0.15, -0.1) is 0 Å². The van der Waals surface area contributed by atoms with Gasteiger partial charge >= 0.3 is 0 Å². The molecule has 0 unspecified atom stereocenters. The SMILES string of the molecule is C=C1C[C@@]23C(C)(C)[C@@H](C[C@@H]4O[C@@]42C)[C@]3(O)c2ccccc21. The number of rotatable bonds is 0. The Morgan fingerprint density at radius 2 is 1.95 bits per heavy atom. The number of fused-ring (bicyclic) bond motifs is 5. The van der Waals surface area contributed by atoms with Crippen molar-refractivity contribution in [2.45, 2.75) is 50.9 Å². The minimum Gasteiger partial charge on any atom is -0.384 e. The van der Waals surface area contributed by atoms with Gasteiger partial charge < -0.3 is 9.84 Å².